The largest absolute Gasteiger partial charge is 0.384 e. The minimum absolute atomic E-state index is 0.694. The third-order valence-corrected chi connectivity index (χ3v) is 5.53. The Morgan fingerprint density at radius 3 is 2.09 bits per heavy atom. The lowest BCUT2D eigenvalue weighted by molar-refractivity contribution is 0.0254. The molecule has 0 heterocycles. The van der Waals surface area contributed by atoms with Crippen molar-refractivity contribution in [3.63, 3.8) is 0 Å². The second-order valence-corrected chi connectivity index (χ2v) is 7.29. The van der Waals surface area contributed by atoms with E-state index >= 15 is 0 Å². The third kappa shape index (κ3) is 7.97. The topological polar surface area (TPSA) is 18.5 Å². The van der Waals surface area contributed by atoms with Crippen LogP contribution in [-0.4, -0.2) is 27.4 Å². The van der Waals surface area contributed by atoms with E-state index in [9.17, 15) is 0 Å². The molecule has 1 aliphatic rings. The molecule has 0 bridgehead atoms. The Morgan fingerprint density at radius 2 is 1.45 bits per heavy atom. The molecular formula is C20H40O2. The Hall–Kier alpha value is -0.0800. The second-order valence-electron chi connectivity index (χ2n) is 7.29. The van der Waals surface area contributed by atoms with Crippen molar-refractivity contribution in [2.75, 3.05) is 27.4 Å². The van der Waals surface area contributed by atoms with Crippen LogP contribution in [-0.2, 0) is 9.47 Å². The molecule has 22 heavy (non-hydrogen) atoms. The maximum Gasteiger partial charge on any atom is 0.0496 e. The van der Waals surface area contributed by atoms with Crippen molar-refractivity contribution in [3.8, 4) is 0 Å². The average molecular weight is 313 g/mol. The zero-order valence-electron chi connectivity index (χ0n) is 15.4. The highest BCUT2D eigenvalue weighted by molar-refractivity contribution is 4.80. The Balaban J connectivity index is 2.41. The van der Waals surface area contributed by atoms with Gasteiger partial charge >= 0.3 is 0 Å². The number of hydrogen-bond donors (Lipinski definition) is 0. The van der Waals surface area contributed by atoms with Gasteiger partial charge in [0.1, 0.15) is 0 Å². The van der Waals surface area contributed by atoms with Crippen molar-refractivity contribution < 1.29 is 9.47 Å². The van der Waals surface area contributed by atoms with E-state index in [4.69, 9.17) is 9.47 Å². The minimum Gasteiger partial charge on any atom is -0.384 e. The van der Waals surface area contributed by atoms with Crippen molar-refractivity contribution in [2.45, 2.75) is 84.0 Å². The van der Waals surface area contributed by atoms with Crippen LogP contribution < -0.4 is 0 Å². The summed E-state index contributed by atoms with van der Waals surface area (Å²) in [6, 6.07) is 0. The van der Waals surface area contributed by atoms with E-state index in [0.29, 0.717) is 11.8 Å². The molecule has 1 rings (SSSR count). The van der Waals surface area contributed by atoms with Gasteiger partial charge < -0.3 is 9.47 Å². The monoisotopic (exact) mass is 312 g/mol. The van der Waals surface area contributed by atoms with Crippen molar-refractivity contribution in [1.29, 1.82) is 0 Å². The Bertz CT molecular complexity index is 236. The molecule has 2 unspecified atom stereocenters. The zero-order chi connectivity index (χ0) is 16.0. The van der Waals surface area contributed by atoms with E-state index in [2.05, 4.69) is 6.92 Å². The quantitative estimate of drug-likeness (QED) is 0.398. The fraction of sp³-hybridized carbons (Fsp3) is 1.00. The lowest BCUT2D eigenvalue weighted by Gasteiger charge is -2.35. The third-order valence-electron chi connectivity index (χ3n) is 5.53. The van der Waals surface area contributed by atoms with Gasteiger partial charge in [0.25, 0.3) is 0 Å². The fourth-order valence-electron chi connectivity index (χ4n) is 4.23. The van der Waals surface area contributed by atoms with Gasteiger partial charge in [0.15, 0.2) is 0 Å². The van der Waals surface area contributed by atoms with Crippen molar-refractivity contribution >= 4 is 0 Å². The molecule has 0 saturated heterocycles. The van der Waals surface area contributed by atoms with Crippen LogP contribution in [0.5, 0.6) is 0 Å². The zero-order valence-corrected chi connectivity index (χ0v) is 15.4. The van der Waals surface area contributed by atoms with Crippen LogP contribution in [0.15, 0.2) is 0 Å². The highest BCUT2D eigenvalue weighted by atomic mass is 16.5. The molecule has 1 fully saturated rings. The molecule has 0 aliphatic heterocycles. The summed E-state index contributed by atoms with van der Waals surface area (Å²) in [4.78, 5) is 0. The molecule has 1 aliphatic carbocycles. The SMILES string of the molecule is CCCCCCCCC(COC)C(COC)C1CCCCC1. The van der Waals surface area contributed by atoms with Crippen LogP contribution in [0.3, 0.4) is 0 Å². The van der Waals surface area contributed by atoms with E-state index in [1.54, 1.807) is 0 Å². The van der Waals surface area contributed by atoms with Crippen molar-refractivity contribution in [2.24, 2.45) is 17.8 Å². The van der Waals surface area contributed by atoms with Gasteiger partial charge in [0, 0.05) is 27.4 Å². The molecule has 1 saturated carbocycles. The van der Waals surface area contributed by atoms with Crippen LogP contribution in [0.4, 0.5) is 0 Å². The molecule has 0 aromatic rings. The molecule has 2 heteroatoms. The molecule has 2 nitrogen and oxygen atoms in total. The van der Waals surface area contributed by atoms with E-state index in [0.717, 1.165) is 19.1 Å². The van der Waals surface area contributed by atoms with Gasteiger partial charge in [-0.2, -0.15) is 0 Å². The summed E-state index contributed by atoms with van der Waals surface area (Å²) < 4.78 is 11.2. The Labute approximate surface area is 139 Å². The summed E-state index contributed by atoms with van der Waals surface area (Å²) in [7, 11) is 3.73. The summed E-state index contributed by atoms with van der Waals surface area (Å²) in [6.07, 6.45) is 16.7. The first kappa shape index (κ1) is 20.0. The van der Waals surface area contributed by atoms with Crippen molar-refractivity contribution in [1.82, 2.24) is 0 Å². The maximum absolute atomic E-state index is 5.59. The van der Waals surface area contributed by atoms with Gasteiger partial charge in [0.05, 0.1) is 0 Å². The summed E-state index contributed by atoms with van der Waals surface area (Å²) >= 11 is 0. The fourth-order valence-corrected chi connectivity index (χ4v) is 4.23. The standard InChI is InChI=1S/C20H40O2/c1-4-5-6-7-8-10-15-19(16-21-2)20(17-22-3)18-13-11-9-12-14-18/h18-20H,4-17H2,1-3H3. The molecule has 132 valence electrons. The lowest BCUT2D eigenvalue weighted by Crippen LogP contribution is -2.32. The number of ether oxygens (including phenoxy) is 2. The summed E-state index contributed by atoms with van der Waals surface area (Å²) in [6.45, 7) is 4.13. The highest BCUT2D eigenvalue weighted by Crippen LogP contribution is 2.36. The van der Waals surface area contributed by atoms with Crippen LogP contribution in [0.25, 0.3) is 0 Å². The van der Waals surface area contributed by atoms with E-state index in [1.165, 1.54) is 77.0 Å². The minimum atomic E-state index is 0.694. The van der Waals surface area contributed by atoms with E-state index < -0.39 is 0 Å². The average Bonchev–Trinajstić information content (AvgIpc) is 2.56. The van der Waals surface area contributed by atoms with Gasteiger partial charge in [-0.3, -0.25) is 0 Å². The summed E-state index contributed by atoms with van der Waals surface area (Å²) in [5.74, 6) is 2.27. The van der Waals surface area contributed by atoms with Crippen LogP contribution in [0, 0.1) is 17.8 Å². The Morgan fingerprint density at radius 1 is 0.818 bits per heavy atom. The number of rotatable bonds is 13. The van der Waals surface area contributed by atoms with Crippen molar-refractivity contribution in [3.05, 3.63) is 0 Å². The second kappa shape index (κ2) is 13.4. The first-order chi connectivity index (χ1) is 10.8. The normalized spacial score (nSPS) is 19.2. The van der Waals surface area contributed by atoms with Crippen LogP contribution >= 0.6 is 0 Å². The van der Waals surface area contributed by atoms with Crippen LogP contribution in [0.1, 0.15) is 84.0 Å². The summed E-state index contributed by atoms with van der Waals surface area (Å²) in [5.41, 5.74) is 0. The predicted octanol–water partition coefficient (Wildman–Crippen LogP) is 5.84. The van der Waals surface area contributed by atoms with Gasteiger partial charge in [-0.05, 0) is 24.2 Å². The molecule has 0 aromatic heterocycles. The first-order valence-electron chi connectivity index (χ1n) is 9.81. The van der Waals surface area contributed by atoms with Gasteiger partial charge in [-0.15, -0.1) is 0 Å². The van der Waals surface area contributed by atoms with E-state index in [-0.39, 0.29) is 0 Å². The molecule has 0 N–H and O–H groups in total. The van der Waals surface area contributed by atoms with Crippen LogP contribution in [0.2, 0.25) is 0 Å². The van der Waals surface area contributed by atoms with Gasteiger partial charge in [-0.1, -0.05) is 77.6 Å². The van der Waals surface area contributed by atoms with Gasteiger partial charge in [-0.25, -0.2) is 0 Å². The number of methoxy groups -OCH3 is 2. The molecule has 0 amide bonds. The highest BCUT2D eigenvalue weighted by Gasteiger charge is 2.30. The number of unbranched alkanes of at least 4 members (excludes halogenated alkanes) is 5. The Kier molecular flexibility index (Phi) is 12.1. The lowest BCUT2D eigenvalue weighted by atomic mass is 9.73. The molecule has 2 atom stereocenters. The maximum atomic E-state index is 5.59. The first-order valence-corrected chi connectivity index (χ1v) is 9.81. The molecular weight excluding hydrogens is 272 g/mol. The molecule has 0 radical (unpaired) electrons. The smallest absolute Gasteiger partial charge is 0.0496 e. The summed E-state index contributed by atoms with van der Waals surface area (Å²) in [5, 5.41) is 0. The molecule has 0 spiro atoms. The number of hydrogen-bond acceptors (Lipinski definition) is 2. The molecule has 0 aromatic carbocycles. The van der Waals surface area contributed by atoms with Gasteiger partial charge in [0.2, 0.25) is 0 Å². The predicted molar refractivity (Wildman–Crippen MR) is 95.3 cm³/mol. The van der Waals surface area contributed by atoms with E-state index in [1.807, 2.05) is 14.2 Å².